The van der Waals surface area contributed by atoms with Crippen molar-refractivity contribution in [3.63, 3.8) is 0 Å². The highest BCUT2D eigenvalue weighted by Crippen LogP contribution is 2.13. The van der Waals surface area contributed by atoms with Crippen molar-refractivity contribution in [1.82, 2.24) is 10.2 Å². The Balaban J connectivity index is 2.69. The van der Waals surface area contributed by atoms with E-state index in [0.717, 1.165) is 0 Å². The molecule has 0 spiro atoms. The van der Waals surface area contributed by atoms with E-state index in [1.165, 1.54) is 17.0 Å². The number of carboxylic acids is 1. The van der Waals surface area contributed by atoms with E-state index in [1.807, 2.05) is 6.92 Å². The van der Waals surface area contributed by atoms with E-state index in [4.69, 9.17) is 5.11 Å². The molecule has 0 heterocycles. The number of hydrogen-bond donors (Lipinski definition) is 2. The maximum atomic E-state index is 13.1. The van der Waals surface area contributed by atoms with Gasteiger partial charge in [-0.2, -0.15) is 0 Å². The summed E-state index contributed by atoms with van der Waals surface area (Å²) in [5.41, 5.74) is 0.630. The fraction of sp³-hybridized carbons (Fsp3) is 0.429. The van der Waals surface area contributed by atoms with E-state index in [2.05, 4.69) is 5.32 Å². The van der Waals surface area contributed by atoms with Gasteiger partial charge in [-0.25, -0.2) is 9.18 Å². The molecule has 1 atom stereocenters. The first-order valence-electron chi connectivity index (χ1n) is 6.46. The summed E-state index contributed by atoms with van der Waals surface area (Å²) in [4.78, 5) is 23.9. The number of rotatable bonds is 6. The van der Waals surface area contributed by atoms with Crippen LogP contribution in [0.3, 0.4) is 0 Å². The molecule has 0 fully saturated rings. The van der Waals surface area contributed by atoms with Crippen molar-refractivity contribution in [2.75, 3.05) is 13.1 Å². The number of aliphatic carboxylic acids is 1. The van der Waals surface area contributed by atoms with Crippen LogP contribution in [0.1, 0.15) is 31.9 Å². The number of hydrogen-bond acceptors (Lipinski definition) is 2. The lowest BCUT2D eigenvalue weighted by Gasteiger charge is -2.23. The molecule has 2 amide bonds. The number of carbonyl (C=O) groups is 2. The summed E-state index contributed by atoms with van der Waals surface area (Å²) >= 11 is 0. The molecule has 110 valence electrons. The number of benzene rings is 1. The molecule has 5 nitrogen and oxygen atoms in total. The number of nitrogens with one attached hydrogen (secondary N) is 1. The highest BCUT2D eigenvalue weighted by atomic mass is 19.1. The van der Waals surface area contributed by atoms with Crippen LogP contribution in [0.2, 0.25) is 0 Å². The average molecular weight is 282 g/mol. The third kappa shape index (κ3) is 4.87. The van der Waals surface area contributed by atoms with Crippen LogP contribution < -0.4 is 5.32 Å². The van der Waals surface area contributed by atoms with E-state index in [1.54, 1.807) is 19.1 Å². The van der Waals surface area contributed by atoms with Gasteiger partial charge in [0.05, 0.1) is 6.04 Å². The Labute approximate surface area is 117 Å². The SMILES string of the molecule is CCCN(CC(=O)O)C(=O)NC(C)c1cccc(F)c1. The Morgan fingerprint density at radius 1 is 1.45 bits per heavy atom. The summed E-state index contributed by atoms with van der Waals surface area (Å²) in [6.07, 6.45) is 0.662. The van der Waals surface area contributed by atoms with Crippen LogP contribution in [0.25, 0.3) is 0 Å². The molecule has 1 unspecified atom stereocenters. The van der Waals surface area contributed by atoms with Crippen molar-refractivity contribution >= 4 is 12.0 Å². The summed E-state index contributed by atoms with van der Waals surface area (Å²) in [6.45, 7) is 3.58. The molecular weight excluding hydrogens is 263 g/mol. The van der Waals surface area contributed by atoms with Gasteiger partial charge in [0.15, 0.2) is 0 Å². The zero-order chi connectivity index (χ0) is 15.1. The molecular formula is C14H19FN2O3. The van der Waals surface area contributed by atoms with Gasteiger partial charge in [0.2, 0.25) is 0 Å². The second-order valence-corrected chi connectivity index (χ2v) is 4.54. The molecule has 0 aromatic heterocycles. The van der Waals surface area contributed by atoms with Crippen LogP contribution >= 0.6 is 0 Å². The third-order valence-corrected chi connectivity index (χ3v) is 2.80. The van der Waals surface area contributed by atoms with E-state index in [9.17, 15) is 14.0 Å². The summed E-state index contributed by atoms with van der Waals surface area (Å²) in [5.74, 6) is -1.44. The zero-order valence-electron chi connectivity index (χ0n) is 11.6. The molecule has 0 saturated heterocycles. The quantitative estimate of drug-likeness (QED) is 0.841. The molecule has 6 heteroatoms. The van der Waals surface area contributed by atoms with Gasteiger partial charge in [-0.3, -0.25) is 4.79 Å². The molecule has 0 bridgehead atoms. The summed E-state index contributed by atoms with van der Waals surface area (Å²) in [6, 6.07) is 5.07. The number of carboxylic acid groups (broad SMARTS) is 1. The molecule has 1 rings (SSSR count). The maximum Gasteiger partial charge on any atom is 0.323 e. The van der Waals surface area contributed by atoms with Gasteiger partial charge in [-0.05, 0) is 31.0 Å². The summed E-state index contributed by atoms with van der Waals surface area (Å²) in [5, 5.41) is 11.4. The first-order valence-corrected chi connectivity index (χ1v) is 6.46. The lowest BCUT2D eigenvalue weighted by molar-refractivity contribution is -0.137. The number of amides is 2. The van der Waals surface area contributed by atoms with Crippen molar-refractivity contribution in [3.8, 4) is 0 Å². The predicted molar refractivity (Wildman–Crippen MR) is 72.8 cm³/mol. The topological polar surface area (TPSA) is 69.6 Å². The molecule has 20 heavy (non-hydrogen) atoms. The Morgan fingerprint density at radius 3 is 2.70 bits per heavy atom. The van der Waals surface area contributed by atoms with Gasteiger partial charge in [0.25, 0.3) is 0 Å². The maximum absolute atomic E-state index is 13.1. The van der Waals surface area contributed by atoms with Gasteiger partial charge in [-0.15, -0.1) is 0 Å². The monoisotopic (exact) mass is 282 g/mol. The van der Waals surface area contributed by atoms with Crippen molar-refractivity contribution in [2.24, 2.45) is 0 Å². The minimum absolute atomic E-state index is 0.352. The fourth-order valence-electron chi connectivity index (χ4n) is 1.82. The summed E-state index contributed by atoms with van der Waals surface area (Å²) < 4.78 is 13.1. The zero-order valence-corrected chi connectivity index (χ0v) is 11.6. The van der Waals surface area contributed by atoms with Crippen molar-refractivity contribution in [3.05, 3.63) is 35.6 Å². The molecule has 0 saturated carbocycles. The highest BCUT2D eigenvalue weighted by Gasteiger charge is 2.18. The Morgan fingerprint density at radius 2 is 2.15 bits per heavy atom. The minimum atomic E-state index is -1.06. The number of nitrogens with zero attached hydrogens (tertiary/aromatic N) is 1. The van der Waals surface area contributed by atoms with Crippen molar-refractivity contribution in [1.29, 1.82) is 0 Å². The van der Waals surface area contributed by atoms with Crippen molar-refractivity contribution in [2.45, 2.75) is 26.3 Å². The standard InChI is InChI=1S/C14H19FN2O3/c1-3-7-17(9-13(18)19)14(20)16-10(2)11-5-4-6-12(15)8-11/h4-6,8,10H,3,7,9H2,1-2H3,(H,16,20)(H,18,19). The second-order valence-electron chi connectivity index (χ2n) is 4.54. The fourth-order valence-corrected chi connectivity index (χ4v) is 1.82. The second kappa shape index (κ2) is 7.47. The van der Waals surface area contributed by atoms with Gasteiger partial charge in [-0.1, -0.05) is 19.1 Å². The Kier molecular flexibility index (Phi) is 5.96. The molecule has 0 aliphatic heterocycles. The van der Waals surface area contributed by atoms with E-state index < -0.39 is 18.0 Å². The number of carbonyl (C=O) groups excluding carboxylic acids is 1. The van der Waals surface area contributed by atoms with Gasteiger partial charge < -0.3 is 15.3 Å². The van der Waals surface area contributed by atoms with Crippen LogP contribution in [0, 0.1) is 5.82 Å². The largest absolute Gasteiger partial charge is 0.480 e. The smallest absolute Gasteiger partial charge is 0.323 e. The first kappa shape index (κ1) is 15.9. The normalized spacial score (nSPS) is 11.8. The molecule has 0 aliphatic rings. The predicted octanol–water partition coefficient (Wildman–Crippen LogP) is 2.39. The molecule has 0 radical (unpaired) electrons. The van der Waals surface area contributed by atoms with E-state index in [0.29, 0.717) is 18.5 Å². The lowest BCUT2D eigenvalue weighted by atomic mass is 10.1. The van der Waals surface area contributed by atoms with Gasteiger partial charge in [0.1, 0.15) is 12.4 Å². The number of urea groups is 1. The van der Waals surface area contributed by atoms with Gasteiger partial charge >= 0.3 is 12.0 Å². The van der Waals surface area contributed by atoms with Crippen LogP contribution in [-0.4, -0.2) is 35.1 Å². The van der Waals surface area contributed by atoms with E-state index in [-0.39, 0.29) is 12.4 Å². The molecule has 2 N–H and O–H groups in total. The van der Waals surface area contributed by atoms with Crippen molar-refractivity contribution < 1.29 is 19.1 Å². The highest BCUT2D eigenvalue weighted by molar-refractivity contribution is 5.80. The van der Waals surface area contributed by atoms with Gasteiger partial charge in [0, 0.05) is 6.54 Å². The first-order chi connectivity index (χ1) is 9.43. The van der Waals surface area contributed by atoms with Crippen LogP contribution in [0.15, 0.2) is 24.3 Å². The average Bonchev–Trinajstić information content (AvgIpc) is 2.37. The third-order valence-electron chi connectivity index (χ3n) is 2.80. The molecule has 1 aromatic rings. The van der Waals surface area contributed by atoms with Crippen LogP contribution in [0.4, 0.5) is 9.18 Å². The molecule has 0 aliphatic carbocycles. The van der Waals surface area contributed by atoms with Crippen LogP contribution in [-0.2, 0) is 4.79 Å². The lowest BCUT2D eigenvalue weighted by Crippen LogP contribution is -2.44. The molecule has 1 aromatic carbocycles. The summed E-state index contributed by atoms with van der Waals surface area (Å²) in [7, 11) is 0. The Hall–Kier alpha value is -2.11. The Bertz CT molecular complexity index is 479. The van der Waals surface area contributed by atoms with E-state index >= 15 is 0 Å². The number of halogens is 1. The minimum Gasteiger partial charge on any atom is -0.480 e. The van der Waals surface area contributed by atoms with Crippen LogP contribution in [0.5, 0.6) is 0 Å².